The number of aryl methyl sites for hydroxylation is 1. The van der Waals surface area contributed by atoms with Gasteiger partial charge in [-0.1, -0.05) is 18.6 Å². The Labute approximate surface area is 197 Å². The summed E-state index contributed by atoms with van der Waals surface area (Å²) in [5.74, 6) is 1.65. The third-order valence-corrected chi connectivity index (χ3v) is 6.84. The van der Waals surface area contributed by atoms with Crippen LogP contribution in [0.5, 0.6) is 0 Å². The van der Waals surface area contributed by atoms with E-state index in [1.54, 1.807) is 24.3 Å². The van der Waals surface area contributed by atoms with E-state index < -0.39 is 6.43 Å². The van der Waals surface area contributed by atoms with Gasteiger partial charge in [-0.3, -0.25) is 4.57 Å². The molecular weight excluding hydrogens is 440 g/mol. The third kappa shape index (κ3) is 5.02. The summed E-state index contributed by atoms with van der Waals surface area (Å²) in [6.45, 7) is 2.46. The predicted octanol–water partition coefficient (Wildman–Crippen LogP) is 3.82. The zero-order chi connectivity index (χ0) is 23.5. The van der Waals surface area contributed by atoms with Crippen LogP contribution in [0.25, 0.3) is 17.0 Å². The molecule has 0 spiro atoms. The average Bonchev–Trinajstić information content (AvgIpc) is 3.26. The predicted molar refractivity (Wildman–Crippen MR) is 125 cm³/mol. The van der Waals surface area contributed by atoms with Crippen molar-refractivity contribution in [3.63, 3.8) is 0 Å². The third-order valence-electron chi connectivity index (χ3n) is 6.84. The van der Waals surface area contributed by atoms with Gasteiger partial charge in [-0.25, -0.2) is 13.8 Å². The van der Waals surface area contributed by atoms with Crippen LogP contribution >= 0.6 is 0 Å². The molecule has 0 radical (unpaired) electrons. The van der Waals surface area contributed by atoms with E-state index in [-0.39, 0.29) is 11.8 Å². The minimum atomic E-state index is -2.75. The molecule has 0 amide bonds. The molecular formula is C24H31F2N7O. The molecule has 1 saturated heterocycles. The van der Waals surface area contributed by atoms with Crippen LogP contribution in [-0.4, -0.2) is 56.8 Å². The van der Waals surface area contributed by atoms with Crippen molar-refractivity contribution in [2.75, 3.05) is 31.2 Å². The summed E-state index contributed by atoms with van der Waals surface area (Å²) in [5, 5.41) is 0. The van der Waals surface area contributed by atoms with Crippen molar-refractivity contribution < 1.29 is 13.5 Å². The van der Waals surface area contributed by atoms with Gasteiger partial charge < -0.3 is 15.4 Å². The van der Waals surface area contributed by atoms with E-state index >= 15 is 0 Å². The number of hydrogen-bond donors (Lipinski definition) is 1. The lowest BCUT2D eigenvalue weighted by atomic mass is 9.83. The van der Waals surface area contributed by atoms with Gasteiger partial charge in [0.2, 0.25) is 11.9 Å². The van der Waals surface area contributed by atoms with Crippen LogP contribution in [0.1, 0.15) is 56.6 Å². The number of nitrogens with two attached hydrogens (primary N) is 1. The first-order chi connectivity index (χ1) is 16.6. The van der Waals surface area contributed by atoms with Crippen molar-refractivity contribution in [1.29, 1.82) is 0 Å². The van der Waals surface area contributed by atoms with Crippen LogP contribution in [-0.2, 0) is 11.2 Å². The van der Waals surface area contributed by atoms with E-state index in [4.69, 9.17) is 15.5 Å². The molecule has 0 unspecified atom stereocenters. The molecule has 34 heavy (non-hydrogen) atoms. The molecule has 8 nitrogen and oxygen atoms in total. The van der Waals surface area contributed by atoms with E-state index in [1.165, 1.54) is 17.4 Å². The molecule has 1 aliphatic heterocycles. The fraction of sp³-hybridized carbons (Fsp3) is 0.583. The van der Waals surface area contributed by atoms with Crippen molar-refractivity contribution in [3.8, 4) is 5.95 Å². The first kappa shape index (κ1) is 23.0. The minimum absolute atomic E-state index is 0.194. The molecule has 2 N–H and O–H groups in total. The van der Waals surface area contributed by atoms with Gasteiger partial charge in [0.05, 0.1) is 24.2 Å². The van der Waals surface area contributed by atoms with Gasteiger partial charge in [0.25, 0.3) is 6.43 Å². The Morgan fingerprint density at radius 2 is 1.71 bits per heavy atom. The van der Waals surface area contributed by atoms with Crippen LogP contribution in [0.4, 0.5) is 14.7 Å². The van der Waals surface area contributed by atoms with Crippen LogP contribution < -0.4 is 10.6 Å². The fourth-order valence-electron chi connectivity index (χ4n) is 4.94. The van der Waals surface area contributed by atoms with Gasteiger partial charge in [0, 0.05) is 25.6 Å². The Kier molecular flexibility index (Phi) is 6.96. The molecule has 2 aromatic heterocycles. The summed E-state index contributed by atoms with van der Waals surface area (Å²) in [7, 11) is 0. The monoisotopic (exact) mass is 471 g/mol. The second kappa shape index (κ2) is 10.3. The Morgan fingerprint density at radius 3 is 2.47 bits per heavy atom. The van der Waals surface area contributed by atoms with E-state index in [9.17, 15) is 8.78 Å². The lowest BCUT2D eigenvalue weighted by Crippen LogP contribution is -2.37. The number of nitrogens with zero attached hydrogens (tertiary/aromatic N) is 6. The molecule has 0 atom stereocenters. The van der Waals surface area contributed by atoms with Crippen LogP contribution in [0, 0.1) is 5.92 Å². The standard InChI is InChI=1S/C24H31F2N7O/c25-21(26)22-28-18-5-1-2-6-19(18)33(22)24-30-20(7-3-4-16-8-10-17(27)11-9-16)29-23(31-24)32-12-14-34-15-13-32/h1-2,5-6,16-17,21H,3-4,7-15,27H2. The Hall–Kier alpha value is -2.72. The molecule has 3 aromatic rings. The zero-order valence-electron chi connectivity index (χ0n) is 19.2. The summed E-state index contributed by atoms with van der Waals surface area (Å²) in [6.07, 6.45) is 4.47. The Balaban J connectivity index is 1.46. The molecule has 10 heteroatoms. The maximum Gasteiger partial charge on any atom is 0.296 e. The molecule has 3 heterocycles. The van der Waals surface area contributed by atoms with Crippen molar-refractivity contribution in [2.24, 2.45) is 11.7 Å². The van der Waals surface area contributed by atoms with Crippen LogP contribution in [0.3, 0.4) is 0 Å². The smallest absolute Gasteiger partial charge is 0.296 e. The quantitative estimate of drug-likeness (QED) is 0.560. The van der Waals surface area contributed by atoms with Gasteiger partial charge in [-0.05, 0) is 50.2 Å². The zero-order valence-corrected chi connectivity index (χ0v) is 19.2. The molecule has 5 rings (SSSR count). The number of fused-ring (bicyclic) bond motifs is 1. The topological polar surface area (TPSA) is 95.0 Å². The largest absolute Gasteiger partial charge is 0.378 e. The van der Waals surface area contributed by atoms with E-state index in [2.05, 4.69) is 15.0 Å². The number of anilines is 1. The number of halogens is 2. The molecule has 182 valence electrons. The second-order valence-corrected chi connectivity index (χ2v) is 9.22. The van der Waals surface area contributed by atoms with Crippen LogP contribution in [0.15, 0.2) is 24.3 Å². The normalized spacial score (nSPS) is 21.5. The van der Waals surface area contributed by atoms with Crippen molar-refractivity contribution in [3.05, 3.63) is 35.9 Å². The highest BCUT2D eigenvalue weighted by Gasteiger charge is 2.24. The number of hydrogen-bond acceptors (Lipinski definition) is 7. The van der Waals surface area contributed by atoms with Crippen LogP contribution in [0.2, 0.25) is 0 Å². The fourth-order valence-corrected chi connectivity index (χ4v) is 4.94. The molecule has 2 fully saturated rings. The van der Waals surface area contributed by atoms with Gasteiger partial charge in [-0.2, -0.15) is 15.0 Å². The SMILES string of the molecule is NC1CCC(CCCc2nc(N3CCOCC3)nc(-n3c(C(F)F)nc4ccccc43)n2)CC1. The highest BCUT2D eigenvalue weighted by atomic mass is 19.3. The lowest BCUT2D eigenvalue weighted by molar-refractivity contribution is 0.122. The summed E-state index contributed by atoms with van der Waals surface area (Å²) >= 11 is 0. The summed E-state index contributed by atoms with van der Waals surface area (Å²) in [6, 6.07) is 7.41. The lowest BCUT2D eigenvalue weighted by Gasteiger charge is -2.27. The maximum absolute atomic E-state index is 14.0. The van der Waals surface area contributed by atoms with Gasteiger partial charge in [0.1, 0.15) is 5.82 Å². The van der Waals surface area contributed by atoms with Gasteiger partial charge in [-0.15, -0.1) is 0 Å². The number of imidazole rings is 1. The summed E-state index contributed by atoms with van der Waals surface area (Å²) < 4.78 is 34.7. The summed E-state index contributed by atoms with van der Waals surface area (Å²) in [5.41, 5.74) is 7.08. The molecule has 2 aliphatic rings. The molecule has 1 saturated carbocycles. The van der Waals surface area contributed by atoms with Crippen molar-refractivity contribution >= 4 is 17.0 Å². The number of benzene rings is 1. The van der Waals surface area contributed by atoms with E-state index in [0.717, 1.165) is 25.7 Å². The van der Waals surface area contributed by atoms with E-state index in [0.29, 0.717) is 67.5 Å². The number of ether oxygens (including phenoxy) is 1. The molecule has 1 aliphatic carbocycles. The van der Waals surface area contributed by atoms with Crippen molar-refractivity contribution in [2.45, 2.75) is 57.4 Å². The molecule has 0 bridgehead atoms. The first-order valence-corrected chi connectivity index (χ1v) is 12.2. The number of aromatic nitrogens is 5. The first-order valence-electron chi connectivity index (χ1n) is 12.2. The highest BCUT2D eigenvalue weighted by molar-refractivity contribution is 5.77. The highest BCUT2D eigenvalue weighted by Crippen LogP contribution is 2.29. The summed E-state index contributed by atoms with van der Waals surface area (Å²) in [4.78, 5) is 20.2. The number of morpholine rings is 1. The Bertz CT molecular complexity index is 1110. The molecule has 1 aromatic carbocycles. The van der Waals surface area contributed by atoms with Gasteiger partial charge >= 0.3 is 0 Å². The number of alkyl halides is 2. The number of rotatable bonds is 7. The Morgan fingerprint density at radius 1 is 0.971 bits per heavy atom. The van der Waals surface area contributed by atoms with Crippen molar-refractivity contribution in [1.82, 2.24) is 24.5 Å². The second-order valence-electron chi connectivity index (χ2n) is 9.22. The average molecular weight is 472 g/mol. The van der Waals surface area contributed by atoms with E-state index in [1.807, 2.05) is 4.90 Å². The van der Waals surface area contributed by atoms with Gasteiger partial charge in [0.15, 0.2) is 5.82 Å². The minimum Gasteiger partial charge on any atom is -0.378 e. The number of para-hydroxylation sites is 2. The maximum atomic E-state index is 14.0.